The van der Waals surface area contributed by atoms with E-state index < -0.39 is 5.97 Å². The fourth-order valence-corrected chi connectivity index (χ4v) is 1.55. The van der Waals surface area contributed by atoms with E-state index in [0.717, 1.165) is 0 Å². The van der Waals surface area contributed by atoms with E-state index in [2.05, 4.69) is 0 Å². The Morgan fingerprint density at radius 2 is 1.30 bits per heavy atom. The molecule has 1 N–H and O–H groups in total. The number of carbonyl (C=O) groups excluding carboxylic acids is 1. The van der Waals surface area contributed by atoms with E-state index in [1.807, 2.05) is 0 Å². The molecule has 20 heavy (non-hydrogen) atoms. The summed E-state index contributed by atoms with van der Waals surface area (Å²) in [6.45, 7) is 4.19. The molecule has 0 saturated carbocycles. The molecule has 0 aromatic heterocycles. The quantitative estimate of drug-likeness (QED) is 0.462. The molecule has 0 aliphatic rings. The first kappa shape index (κ1) is 19.3. The lowest BCUT2D eigenvalue weighted by molar-refractivity contribution is -0.142. The topological polar surface area (TPSA) is 91.3 Å². The van der Waals surface area contributed by atoms with Crippen LogP contribution in [-0.4, -0.2) is 74.8 Å². The van der Waals surface area contributed by atoms with Gasteiger partial charge in [-0.1, -0.05) is 11.8 Å². The lowest BCUT2D eigenvalue weighted by Gasteiger charge is -2.06. The van der Waals surface area contributed by atoms with Crippen LogP contribution in [0.1, 0.15) is 6.92 Å². The van der Waals surface area contributed by atoms with E-state index in [4.69, 9.17) is 24.1 Å². The number of thioether (sulfide) groups is 1. The summed E-state index contributed by atoms with van der Waals surface area (Å²) in [5.74, 6) is -0.329. The highest BCUT2D eigenvalue weighted by Crippen LogP contribution is 1.99. The first-order valence-electron chi connectivity index (χ1n) is 6.29. The van der Waals surface area contributed by atoms with Crippen molar-refractivity contribution in [2.24, 2.45) is 0 Å². The van der Waals surface area contributed by atoms with Gasteiger partial charge in [-0.05, 0) is 0 Å². The van der Waals surface area contributed by atoms with Crippen LogP contribution >= 0.6 is 11.8 Å². The Bertz CT molecular complexity index is 234. The van der Waals surface area contributed by atoms with Gasteiger partial charge >= 0.3 is 5.97 Å². The predicted molar refractivity (Wildman–Crippen MR) is 74.1 cm³/mol. The molecule has 0 radical (unpaired) electrons. The standard InChI is InChI=1S/C12H22O7S/c1-11(13)20-9-8-18-5-4-16-2-3-17-6-7-19-10-12(14)15/h2-10H2,1H3,(H,14,15). The fourth-order valence-electron chi connectivity index (χ4n) is 1.06. The van der Waals surface area contributed by atoms with Crippen LogP contribution in [0.2, 0.25) is 0 Å². The second-order valence-electron chi connectivity index (χ2n) is 3.62. The Kier molecular flexibility index (Phi) is 14.2. The van der Waals surface area contributed by atoms with Gasteiger partial charge in [0.05, 0.1) is 46.2 Å². The minimum atomic E-state index is -0.991. The summed E-state index contributed by atoms with van der Waals surface area (Å²) in [5.41, 5.74) is 0. The number of carboxylic acid groups (broad SMARTS) is 1. The smallest absolute Gasteiger partial charge is 0.329 e. The van der Waals surface area contributed by atoms with Crippen molar-refractivity contribution in [1.82, 2.24) is 0 Å². The molecular weight excluding hydrogens is 288 g/mol. The maximum Gasteiger partial charge on any atom is 0.329 e. The predicted octanol–water partition coefficient (Wildman–Crippen LogP) is 0.417. The lowest BCUT2D eigenvalue weighted by Crippen LogP contribution is -2.14. The molecule has 0 unspecified atom stereocenters. The third-order valence-electron chi connectivity index (χ3n) is 1.87. The molecule has 8 heteroatoms. The molecule has 0 aromatic rings. The van der Waals surface area contributed by atoms with Gasteiger partial charge in [-0.2, -0.15) is 0 Å². The molecule has 0 atom stereocenters. The van der Waals surface area contributed by atoms with Gasteiger partial charge in [0.2, 0.25) is 0 Å². The SMILES string of the molecule is CC(=O)SCCOCCOCCOCCOCC(=O)O. The maximum atomic E-state index is 10.6. The highest BCUT2D eigenvalue weighted by molar-refractivity contribution is 8.13. The molecule has 0 aliphatic carbocycles. The van der Waals surface area contributed by atoms with Crippen molar-refractivity contribution in [3.05, 3.63) is 0 Å². The molecule has 118 valence electrons. The number of hydrogen-bond acceptors (Lipinski definition) is 7. The summed E-state index contributed by atoms with van der Waals surface area (Å²) in [7, 11) is 0. The van der Waals surface area contributed by atoms with Crippen LogP contribution in [0.5, 0.6) is 0 Å². The highest BCUT2D eigenvalue weighted by Gasteiger charge is 1.96. The van der Waals surface area contributed by atoms with Gasteiger partial charge in [0.15, 0.2) is 5.12 Å². The molecule has 0 fully saturated rings. The Labute approximate surface area is 122 Å². The van der Waals surface area contributed by atoms with E-state index in [0.29, 0.717) is 45.4 Å². The molecule has 0 aliphatic heterocycles. The van der Waals surface area contributed by atoms with Gasteiger partial charge in [0.25, 0.3) is 0 Å². The van der Waals surface area contributed by atoms with E-state index >= 15 is 0 Å². The molecular formula is C12H22O7S. The molecule has 0 rings (SSSR count). The van der Waals surface area contributed by atoms with Gasteiger partial charge in [0, 0.05) is 12.7 Å². The lowest BCUT2D eigenvalue weighted by atomic mass is 10.7. The van der Waals surface area contributed by atoms with Gasteiger partial charge in [-0.3, -0.25) is 4.79 Å². The van der Waals surface area contributed by atoms with Crippen LogP contribution < -0.4 is 0 Å². The maximum absolute atomic E-state index is 10.6. The second kappa shape index (κ2) is 14.7. The van der Waals surface area contributed by atoms with Gasteiger partial charge < -0.3 is 24.1 Å². The van der Waals surface area contributed by atoms with E-state index in [1.165, 1.54) is 18.7 Å². The van der Waals surface area contributed by atoms with Crippen LogP contribution in [0.3, 0.4) is 0 Å². The second-order valence-corrected chi connectivity index (χ2v) is 4.90. The molecule has 0 amide bonds. The summed E-state index contributed by atoms with van der Waals surface area (Å²) in [4.78, 5) is 20.7. The Morgan fingerprint density at radius 3 is 1.75 bits per heavy atom. The van der Waals surface area contributed by atoms with Crippen LogP contribution in [0.4, 0.5) is 0 Å². The van der Waals surface area contributed by atoms with E-state index in [9.17, 15) is 9.59 Å². The zero-order valence-corrected chi connectivity index (χ0v) is 12.5. The number of carboxylic acids is 1. The van der Waals surface area contributed by atoms with E-state index in [1.54, 1.807) is 0 Å². The Balaban J connectivity index is 2.99. The Morgan fingerprint density at radius 1 is 0.850 bits per heavy atom. The summed E-state index contributed by atoms with van der Waals surface area (Å²) in [6.07, 6.45) is 0. The van der Waals surface area contributed by atoms with E-state index in [-0.39, 0.29) is 18.3 Å². The summed E-state index contributed by atoms with van der Waals surface area (Å²) < 4.78 is 20.4. The summed E-state index contributed by atoms with van der Waals surface area (Å²) in [5, 5.41) is 8.39. The van der Waals surface area contributed by atoms with Crippen molar-refractivity contribution in [2.75, 3.05) is 58.6 Å². The van der Waals surface area contributed by atoms with Gasteiger partial charge in [-0.25, -0.2) is 4.79 Å². The van der Waals surface area contributed by atoms with Crippen LogP contribution in [-0.2, 0) is 28.5 Å². The van der Waals surface area contributed by atoms with Crippen molar-refractivity contribution in [3.63, 3.8) is 0 Å². The largest absolute Gasteiger partial charge is 0.480 e. The minimum absolute atomic E-state index is 0.0920. The molecule has 0 bridgehead atoms. The third-order valence-corrected chi connectivity index (χ3v) is 2.65. The van der Waals surface area contributed by atoms with Crippen molar-refractivity contribution >= 4 is 22.8 Å². The summed E-state index contributed by atoms with van der Waals surface area (Å²) >= 11 is 1.24. The number of ether oxygens (including phenoxy) is 4. The zero-order valence-electron chi connectivity index (χ0n) is 11.7. The number of hydrogen-bond donors (Lipinski definition) is 1. The molecule has 7 nitrogen and oxygen atoms in total. The first-order valence-corrected chi connectivity index (χ1v) is 7.27. The normalized spacial score (nSPS) is 10.7. The first-order chi connectivity index (χ1) is 9.63. The van der Waals surface area contributed by atoms with Crippen LogP contribution in [0.25, 0.3) is 0 Å². The van der Waals surface area contributed by atoms with Crippen LogP contribution in [0, 0.1) is 0 Å². The Hall–Kier alpha value is -0.670. The number of rotatable bonds is 14. The highest BCUT2D eigenvalue weighted by atomic mass is 32.2. The number of carbonyl (C=O) groups is 2. The molecule has 0 heterocycles. The van der Waals surface area contributed by atoms with Crippen LogP contribution in [0.15, 0.2) is 0 Å². The monoisotopic (exact) mass is 310 g/mol. The minimum Gasteiger partial charge on any atom is -0.480 e. The molecule has 0 aromatic carbocycles. The van der Waals surface area contributed by atoms with Crippen molar-refractivity contribution in [2.45, 2.75) is 6.92 Å². The number of aliphatic carboxylic acids is 1. The zero-order chi connectivity index (χ0) is 15.1. The average Bonchev–Trinajstić information content (AvgIpc) is 2.38. The molecule has 0 spiro atoms. The summed E-state index contributed by atoms with van der Waals surface area (Å²) in [6, 6.07) is 0. The van der Waals surface area contributed by atoms with Crippen molar-refractivity contribution < 1.29 is 33.6 Å². The van der Waals surface area contributed by atoms with Crippen molar-refractivity contribution in [1.29, 1.82) is 0 Å². The third kappa shape index (κ3) is 17.3. The fraction of sp³-hybridized carbons (Fsp3) is 0.833. The van der Waals surface area contributed by atoms with Gasteiger partial charge in [-0.15, -0.1) is 0 Å². The average molecular weight is 310 g/mol. The van der Waals surface area contributed by atoms with Crippen molar-refractivity contribution in [3.8, 4) is 0 Å². The molecule has 0 saturated heterocycles. The van der Waals surface area contributed by atoms with Gasteiger partial charge in [0.1, 0.15) is 6.61 Å².